The molecule has 0 spiro atoms. The zero-order valence-corrected chi connectivity index (χ0v) is 15.9. The number of aromatic nitrogens is 2. The predicted octanol–water partition coefficient (Wildman–Crippen LogP) is 5.66. The van der Waals surface area contributed by atoms with E-state index in [0.29, 0.717) is 11.4 Å². The molecule has 0 aliphatic heterocycles. The van der Waals surface area contributed by atoms with Crippen molar-refractivity contribution in [3.05, 3.63) is 108 Å². The molecule has 3 heteroatoms. The first-order valence-corrected chi connectivity index (χ1v) is 9.22. The summed E-state index contributed by atoms with van der Waals surface area (Å²) in [6.45, 7) is 4.08. The number of rotatable bonds is 4. The van der Waals surface area contributed by atoms with Crippen LogP contribution in [0.4, 0.5) is 0 Å². The average Bonchev–Trinajstić information content (AvgIpc) is 2.73. The van der Waals surface area contributed by atoms with Gasteiger partial charge in [-0.15, -0.1) is 0 Å². The van der Waals surface area contributed by atoms with Crippen molar-refractivity contribution in [3.63, 3.8) is 0 Å². The quantitative estimate of drug-likeness (QED) is 0.439. The third-order valence-corrected chi connectivity index (χ3v) is 4.70. The molecule has 2 aromatic heterocycles. The van der Waals surface area contributed by atoms with Crippen LogP contribution >= 0.6 is 0 Å². The molecule has 0 atom stereocenters. The lowest BCUT2D eigenvalue weighted by Gasteiger charge is -2.11. The number of nitrogens with zero attached hydrogens (tertiary/aromatic N) is 2. The van der Waals surface area contributed by atoms with Gasteiger partial charge in [-0.2, -0.15) is 0 Å². The van der Waals surface area contributed by atoms with Gasteiger partial charge in [0.25, 0.3) is 0 Å². The van der Waals surface area contributed by atoms with Crippen molar-refractivity contribution in [2.75, 3.05) is 0 Å². The first-order valence-electron chi connectivity index (χ1n) is 9.22. The van der Waals surface area contributed by atoms with Crippen LogP contribution in [0.1, 0.15) is 27.3 Å². The van der Waals surface area contributed by atoms with Gasteiger partial charge in [-0.3, -0.25) is 14.8 Å². The van der Waals surface area contributed by atoms with E-state index >= 15 is 0 Å². The third kappa shape index (κ3) is 3.47. The Hall–Kier alpha value is -3.59. The Labute approximate surface area is 164 Å². The van der Waals surface area contributed by atoms with Gasteiger partial charge in [-0.05, 0) is 37.1 Å². The van der Waals surface area contributed by atoms with E-state index in [1.807, 2.05) is 74.5 Å². The molecule has 0 aliphatic rings. The largest absolute Gasteiger partial charge is 0.285 e. The van der Waals surface area contributed by atoms with E-state index in [1.165, 1.54) is 0 Å². The van der Waals surface area contributed by atoms with E-state index in [9.17, 15) is 4.79 Å². The summed E-state index contributed by atoms with van der Waals surface area (Å²) in [5, 5.41) is 0. The molecule has 136 valence electrons. The summed E-state index contributed by atoms with van der Waals surface area (Å²) < 4.78 is 0. The fourth-order valence-electron chi connectivity index (χ4n) is 3.38. The second-order valence-corrected chi connectivity index (χ2v) is 6.87. The molecule has 0 unspecified atom stereocenters. The molecule has 0 saturated carbocycles. The minimum absolute atomic E-state index is 0.172. The van der Waals surface area contributed by atoms with E-state index in [-0.39, 0.29) is 5.78 Å². The van der Waals surface area contributed by atoms with Crippen LogP contribution in [0.2, 0.25) is 0 Å². The van der Waals surface area contributed by atoms with Gasteiger partial charge in [0.05, 0.1) is 0 Å². The molecule has 4 rings (SSSR count). The molecule has 0 radical (unpaired) electrons. The van der Waals surface area contributed by atoms with Crippen molar-refractivity contribution >= 4 is 5.78 Å². The zero-order valence-electron chi connectivity index (χ0n) is 15.9. The Morgan fingerprint density at radius 1 is 0.643 bits per heavy atom. The van der Waals surface area contributed by atoms with Crippen molar-refractivity contribution in [2.45, 2.75) is 13.8 Å². The van der Waals surface area contributed by atoms with Gasteiger partial charge in [0.1, 0.15) is 11.4 Å². The van der Waals surface area contributed by atoms with Crippen LogP contribution < -0.4 is 0 Å². The first-order chi connectivity index (χ1) is 13.6. The van der Waals surface area contributed by atoms with Crippen LogP contribution in [0.5, 0.6) is 0 Å². The number of aryl methyl sites for hydroxylation is 2. The van der Waals surface area contributed by atoms with Crippen LogP contribution in [0, 0.1) is 13.8 Å². The van der Waals surface area contributed by atoms with Crippen LogP contribution in [0.15, 0.2) is 85.2 Å². The highest BCUT2D eigenvalue weighted by Crippen LogP contribution is 2.28. The standard InChI is InChI=1S/C25H20N2O/c1-17-7-3-9-19(15-17)21-11-5-13-26-23(21)25(28)24-22(12-6-14-27-24)20-10-4-8-18(2)16-20/h3-16H,1-2H3. The molecule has 4 aromatic rings. The van der Waals surface area contributed by atoms with Gasteiger partial charge in [0.2, 0.25) is 5.78 Å². The Kier molecular flexibility index (Phi) is 4.81. The van der Waals surface area contributed by atoms with Crippen molar-refractivity contribution in [1.29, 1.82) is 0 Å². The number of carbonyl (C=O) groups excluding carboxylic acids is 1. The molecule has 0 bridgehead atoms. The number of ketones is 1. The maximum atomic E-state index is 13.5. The highest BCUT2D eigenvalue weighted by atomic mass is 16.1. The van der Waals surface area contributed by atoms with Gasteiger partial charge in [0.15, 0.2) is 0 Å². The van der Waals surface area contributed by atoms with E-state index in [2.05, 4.69) is 22.1 Å². The second-order valence-electron chi connectivity index (χ2n) is 6.87. The Morgan fingerprint density at radius 3 is 1.54 bits per heavy atom. The predicted molar refractivity (Wildman–Crippen MR) is 112 cm³/mol. The molecule has 0 saturated heterocycles. The third-order valence-electron chi connectivity index (χ3n) is 4.70. The topological polar surface area (TPSA) is 42.9 Å². The van der Waals surface area contributed by atoms with E-state index < -0.39 is 0 Å². The second kappa shape index (κ2) is 7.57. The summed E-state index contributed by atoms with van der Waals surface area (Å²) in [6.07, 6.45) is 3.31. The number of carbonyl (C=O) groups is 1. The van der Waals surface area contributed by atoms with E-state index in [0.717, 1.165) is 33.4 Å². The van der Waals surface area contributed by atoms with Gasteiger partial charge in [-0.1, -0.05) is 71.8 Å². The molecule has 0 amide bonds. The monoisotopic (exact) mass is 364 g/mol. The van der Waals surface area contributed by atoms with Crippen LogP contribution in [-0.2, 0) is 0 Å². The smallest absolute Gasteiger partial charge is 0.230 e. The Bertz CT molecular complexity index is 1070. The van der Waals surface area contributed by atoms with E-state index in [4.69, 9.17) is 0 Å². The average molecular weight is 364 g/mol. The SMILES string of the molecule is Cc1cccc(-c2cccnc2C(=O)c2ncccc2-c2cccc(C)c2)c1. The summed E-state index contributed by atoms with van der Waals surface area (Å²) in [7, 11) is 0. The molecule has 28 heavy (non-hydrogen) atoms. The lowest BCUT2D eigenvalue weighted by Crippen LogP contribution is -2.10. The molecule has 0 aliphatic carbocycles. The molecule has 0 N–H and O–H groups in total. The lowest BCUT2D eigenvalue weighted by atomic mass is 9.95. The number of pyridine rings is 2. The van der Waals surface area contributed by atoms with Crippen LogP contribution in [0.25, 0.3) is 22.3 Å². The summed E-state index contributed by atoms with van der Waals surface area (Å²) in [5.41, 5.74) is 6.69. The molecular formula is C25H20N2O. The maximum absolute atomic E-state index is 13.5. The number of hydrogen-bond acceptors (Lipinski definition) is 3. The van der Waals surface area contributed by atoms with Gasteiger partial charge in [0, 0.05) is 23.5 Å². The number of hydrogen-bond donors (Lipinski definition) is 0. The van der Waals surface area contributed by atoms with Crippen molar-refractivity contribution in [3.8, 4) is 22.3 Å². The summed E-state index contributed by atoms with van der Waals surface area (Å²) in [4.78, 5) is 22.3. The fourth-order valence-corrected chi connectivity index (χ4v) is 3.38. The fraction of sp³-hybridized carbons (Fsp3) is 0.0800. The highest BCUT2D eigenvalue weighted by molar-refractivity contribution is 6.13. The highest BCUT2D eigenvalue weighted by Gasteiger charge is 2.21. The zero-order chi connectivity index (χ0) is 19.5. The summed E-state index contributed by atoms with van der Waals surface area (Å²) in [6, 6.07) is 23.8. The number of benzene rings is 2. The van der Waals surface area contributed by atoms with Crippen LogP contribution in [0.3, 0.4) is 0 Å². The van der Waals surface area contributed by atoms with Crippen LogP contribution in [-0.4, -0.2) is 15.8 Å². The van der Waals surface area contributed by atoms with Gasteiger partial charge in [-0.25, -0.2) is 0 Å². The van der Waals surface area contributed by atoms with E-state index in [1.54, 1.807) is 12.4 Å². The molecular weight excluding hydrogens is 344 g/mol. The molecule has 2 heterocycles. The molecule has 2 aromatic carbocycles. The Balaban J connectivity index is 1.85. The maximum Gasteiger partial charge on any atom is 0.230 e. The summed E-state index contributed by atoms with van der Waals surface area (Å²) in [5.74, 6) is -0.172. The normalized spacial score (nSPS) is 10.6. The van der Waals surface area contributed by atoms with Crippen molar-refractivity contribution < 1.29 is 4.79 Å². The van der Waals surface area contributed by atoms with Gasteiger partial charge < -0.3 is 0 Å². The lowest BCUT2D eigenvalue weighted by molar-refractivity contribution is 0.103. The molecule has 3 nitrogen and oxygen atoms in total. The van der Waals surface area contributed by atoms with Crippen molar-refractivity contribution in [1.82, 2.24) is 9.97 Å². The minimum atomic E-state index is -0.172. The first kappa shape index (κ1) is 17.8. The summed E-state index contributed by atoms with van der Waals surface area (Å²) >= 11 is 0. The van der Waals surface area contributed by atoms with Gasteiger partial charge >= 0.3 is 0 Å². The molecule has 0 fully saturated rings. The van der Waals surface area contributed by atoms with Crippen molar-refractivity contribution in [2.24, 2.45) is 0 Å². The minimum Gasteiger partial charge on any atom is -0.285 e. The Morgan fingerprint density at radius 2 is 1.11 bits per heavy atom.